The van der Waals surface area contributed by atoms with Gasteiger partial charge in [-0.3, -0.25) is 14.4 Å². The van der Waals surface area contributed by atoms with Crippen LogP contribution in [0, 0.1) is 0 Å². The van der Waals surface area contributed by atoms with Crippen molar-refractivity contribution in [2.24, 2.45) is 0 Å². The second kappa shape index (κ2) is 6.34. The van der Waals surface area contributed by atoms with E-state index in [-0.39, 0.29) is 18.2 Å². The number of anilines is 3. The van der Waals surface area contributed by atoms with E-state index >= 15 is 0 Å². The van der Waals surface area contributed by atoms with Crippen molar-refractivity contribution in [3.05, 3.63) is 62.9 Å². The summed E-state index contributed by atoms with van der Waals surface area (Å²) in [5.74, 6) is 0.251. The SMILES string of the molecule is CSc1cccc(Nc2c(-c3ccc4c(c3)OCC(=O)N4)c(=O)c2=O)c1. The Morgan fingerprint density at radius 2 is 1.92 bits per heavy atom. The standard InChI is InChI=1S/C19H14N2O4S/c1-26-12-4-2-3-11(8-12)20-17-16(18(23)19(17)24)10-5-6-13-14(7-10)25-9-15(22)21-13/h2-8,20H,9H2,1H3,(H,21,22). The predicted molar refractivity (Wildman–Crippen MR) is 102 cm³/mol. The highest BCUT2D eigenvalue weighted by molar-refractivity contribution is 7.98. The third kappa shape index (κ3) is 2.76. The highest BCUT2D eigenvalue weighted by Crippen LogP contribution is 2.35. The van der Waals surface area contributed by atoms with Gasteiger partial charge >= 0.3 is 0 Å². The van der Waals surface area contributed by atoms with Crippen LogP contribution in [0.5, 0.6) is 5.75 Å². The first-order valence-electron chi connectivity index (χ1n) is 7.88. The van der Waals surface area contributed by atoms with Crippen LogP contribution in [0.4, 0.5) is 17.1 Å². The smallest absolute Gasteiger partial charge is 0.262 e. The molecule has 0 fully saturated rings. The van der Waals surface area contributed by atoms with Crippen LogP contribution in [0.2, 0.25) is 0 Å². The molecule has 0 aromatic heterocycles. The van der Waals surface area contributed by atoms with Crippen LogP contribution < -0.4 is 26.2 Å². The van der Waals surface area contributed by atoms with Gasteiger partial charge in [-0.05, 0) is 42.2 Å². The first kappa shape index (κ1) is 16.4. The molecule has 1 amide bonds. The summed E-state index contributed by atoms with van der Waals surface area (Å²) >= 11 is 1.59. The molecule has 7 heteroatoms. The molecule has 0 radical (unpaired) electrons. The first-order chi connectivity index (χ1) is 12.6. The molecule has 1 heterocycles. The molecule has 26 heavy (non-hydrogen) atoms. The summed E-state index contributed by atoms with van der Waals surface area (Å²) < 4.78 is 5.39. The van der Waals surface area contributed by atoms with E-state index in [9.17, 15) is 14.4 Å². The van der Waals surface area contributed by atoms with Gasteiger partial charge in [-0.1, -0.05) is 12.1 Å². The normalized spacial score (nSPS) is 13.0. The van der Waals surface area contributed by atoms with Crippen molar-refractivity contribution in [1.82, 2.24) is 0 Å². The largest absolute Gasteiger partial charge is 0.482 e. The molecule has 3 aromatic carbocycles. The van der Waals surface area contributed by atoms with E-state index in [0.717, 1.165) is 10.6 Å². The number of benzene rings is 2. The molecule has 1 aliphatic heterocycles. The summed E-state index contributed by atoms with van der Waals surface area (Å²) in [5, 5.41) is 5.75. The highest BCUT2D eigenvalue weighted by Gasteiger charge is 2.24. The molecule has 0 unspecified atom stereocenters. The topological polar surface area (TPSA) is 84.5 Å². The first-order valence-corrected chi connectivity index (χ1v) is 9.11. The van der Waals surface area contributed by atoms with Gasteiger partial charge in [0.25, 0.3) is 11.3 Å². The second-order valence-electron chi connectivity index (χ2n) is 5.81. The van der Waals surface area contributed by atoms with Crippen molar-refractivity contribution < 1.29 is 9.53 Å². The van der Waals surface area contributed by atoms with Gasteiger partial charge in [0.05, 0.1) is 11.3 Å². The van der Waals surface area contributed by atoms with Gasteiger partial charge < -0.3 is 15.4 Å². The lowest BCUT2D eigenvalue weighted by Crippen LogP contribution is -2.35. The zero-order valence-electron chi connectivity index (χ0n) is 13.8. The number of fused-ring (bicyclic) bond motifs is 1. The molecular weight excluding hydrogens is 352 g/mol. The number of carbonyl (C=O) groups excluding carboxylic acids is 1. The number of thioether (sulfide) groups is 1. The molecule has 4 rings (SSSR count). The minimum Gasteiger partial charge on any atom is -0.482 e. The highest BCUT2D eigenvalue weighted by atomic mass is 32.2. The maximum absolute atomic E-state index is 12.1. The van der Waals surface area contributed by atoms with Gasteiger partial charge in [0, 0.05) is 10.6 Å². The Kier molecular flexibility index (Phi) is 4.00. The zero-order valence-corrected chi connectivity index (χ0v) is 14.6. The van der Waals surface area contributed by atoms with E-state index in [4.69, 9.17) is 4.74 Å². The Balaban J connectivity index is 1.70. The lowest BCUT2D eigenvalue weighted by Gasteiger charge is -2.20. The molecule has 130 valence electrons. The lowest BCUT2D eigenvalue weighted by atomic mass is 9.97. The van der Waals surface area contributed by atoms with Crippen molar-refractivity contribution in [2.45, 2.75) is 4.90 Å². The van der Waals surface area contributed by atoms with E-state index in [1.807, 2.05) is 30.5 Å². The minimum absolute atomic E-state index is 0.0744. The van der Waals surface area contributed by atoms with Gasteiger partial charge in [0.2, 0.25) is 5.43 Å². The average Bonchev–Trinajstić information content (AvgIpc) is 2.67. The summed E-state index contributed by atoms with van der Waals surface area (Å²) in [5.41, 5.74) is 1.39. The van der Waals surface area contributed by atoms with Crippen molar-refractivity contribution in [2.75, 3.05) is 23.5 Å². The molecule has 0 spiro atoms. The van der Waals surface area contributed by atoms with Crippen molar-refractivity contribution in [1.29, 1.82) is 0 Å². The molecule has 0 atom stereocenters. The van der Waals surface area contributed by atoms with Crippen LogP contribution in [0.25, 0.3) is 11.1 Å². The van der Waals surface area contributed by atoms with E-state index in [0.29, 0.717) is 22.6 Å². The number of amides is 1. The van der Waals surface area contributed by atoms with Crippen LogP contribution in [0.3, 0.4) is 0 Å². The lowest BCUT2D eigenvalue weighted by molar-refractivity contribution is -0.118. The predicted octanol–water partition coefficient (Wildman–Crippen LogP) is 2.75. The van der Waals surface area contributed by atoms with Crippen molar-refractivity contribution in [3.8, 4) is 16.9 Å². The molecule has 0 saturated heterocycles. The number of rotatable bonds is 4. The molecule has 0 saturated carbocycles. The Hall–Kier alpha value is -3.06. The summed E-state index contributed by atoms with van der Waals surface area (Å²) in [4.78, 5) is 36.6. The average molecular weight is 366 g/mol. The third-order valence-corrected chi connectivity index (χ3v) is 4.88. The summed E-state index contributed by atoms with van der Waals surface area (Å²) in [7, 11) is 0. The number of carbonyl (C=O) groups is 1. The maximum atomic E-state index is 12.1. The van der Waals surface area contributed by atoms with Gasteiger partial charge in [-0.25, -0.2) is 0 Å². The van der Waals surface area contributed by atoms with Gasteiger partial charge in [-0.15, -0.1) is 11.8 Å². The van der Waals surface area contributed by atoms with Gasteiger partial charge in [-0.2, -0.15) is 0 Å². The number of hydrogen-bond donors (Lipinski definition) is 2. The molecule has 6 nitrogen and oxygen atoms in total. The summed E-state index contributed by atoms with van der Waals surface area (Å²) in [6.45, 7) is -0.0744. The zero-order chi connectivity index (χ0) is 18.3. The molecule has 3 aromatic rings. The third-order valence-electron chi connectivity index (χ3n) is 4.15. The number of nitrogens with one attached hydrogen (secondary N) is 2. The quantitative estimate of drug-likeness (QED) is 0.546. The molecule has 2 N–H and O–H groups in total. The van der Waals surface area contributed by atoms with Crippen LogP contribution in [-0.2, 0) is 4.79 Å². The number of ether oxygens (including phenoxy) is 1. The Bertz CT molecular complexity index is 1100. The molecular formula is C19H14N2O4S. The van der Waals surface area contributed by atoms with E-state index < -0.39 is 10.9 Å². The van der Waals surface area contributed by atoms with Crippen LogP contribution in [-0.4, -0.2) is 18.8 Å². The fourth-order valence-electron chi connectivity index (χ4n) is 2.86. The Morgan fingerprint density at radius 3 is 2.73 bits per heavy atom. The van der Waals surface area contributed by atoms with Crippen LogP contribution in [0.1, 0.15) is 0 Å². The molecule has 1 aliphatic rings. The molecule has 0 aliphatic carbocycles. The van der Waals surface area contributed by atoms with Crippen molar-refractivity contribution in [3.63, 3.8) is 0 Å². The fourth-order valence-corrected chi connectivity index (χ4v) is 3.32. The Morgan fingerprint density at radius 1 is 1.08 bits per heavy atom. The minimum atomic E-state index is -0.540. The van der Waals surface area contributed by atoms with Gasteiger partial charge in [0.15, 0.2) is 6.61 Å². The van der Waals surface area contributed by atoms with E-state index in [1.165, 1.54) is 0 Å². The monoisotopic (exact) mass is 366 g/mol. The van der Waals surface area contributed by atoms with E-state index in [2.05, 4.69) is 10.6 Å². The van der Waals surface area contributed by atoms with Crippen LogP contribution in [0.15, 0.2) is 56.9 Å². The van der Waals surface area contributed by atoms with Gasteiger partial charge in [0.1, 0.15) is 11.4 Å². The second-order valence-corrected chi connectivity index (χ2v) is 6.69. The summed E-state index contributed by atoms with van der Waals surface area (Å²) in [6.07, 6.45) is 1.97. The summed E-state index contributed by atoms with van der Waals surface area (Å²) in [6, 6.07) is 12.6. The Labute approximate surface area is 152 Å². The fraction of sp³-hybridized carbons (Fsp3) is 0.105. The number of hydrogen-bond acceptors (Lipinski definition) is 6. The van der Waals surface area contributed by atoms with Crippen molar-refractivity contribution >= 4 is 34.7 Å². The van der Waals surface area contributed by atoms with E-state index in [1.54, 1.807) is 30.0 Å². The molecule has 0 bridgehead atoms. The maximum Gasteiger partial charge on any atom is 0.262 e. The van der Waals surface area contributed by atoms with Crippen LogP contribution >= 0.6 is 11.8 Å².